The van der Waals surface area contributed by atoms with E-state index in [0.717, 1.165) is 5.69 Å². The molecule has 0 aliphatic heterocycles. The van der Waals surface area contributed by atoms with Gasteiger partial charge in [0.2, 0.25) is 0 Å². The maximum atomic E-state index is 11.5. The number of ether oxygens (including phenoxy) is 1. The van der Waals surface area contributed by atoms with Gasteiger partial charge in [-0.15, -0.1) is 0 Å². The van der Waals surface area contributed by atoms with Crippen molar-refractivity contribution >= 4 is 34.8 Å². The number of esters is 1. The Bertz CT molecular complexity index is 868. The maximum absolute atomic E-state index is 11.5. The number of nitrogens with two attached hydrogens (primary N) is 1. The van der Waals surface area contributed by atoms with Gasteiger partial charge in [-0.1, -0.05) is 6.07 Å². The molecule has 8 nitrogen and oxygen atoms in total. The number of hydrogen-bond donors (Lipinski definition) is 3. The molecule has 126 valence electrons. The van der Waals surface area contributed by atoms with E-state index in [9.17, 15) is 4.79 Å². The Morgan fingerprint density at radius 2 is 1.72 bits per heavy atom. The fourth-order valence-corrected chi connectivity index (χ4v) is 2.10. The maximum Gasteiger partial charge on any atom is 0.337 e. The number of carbonyl (C=O) groups excluding carboxylic acids is 1. The number of carbonyl (C=O) groups is 1. The average Bonchev–Trinajstić information content (AvgIpc) is 2.66. The van der Waals surface area contributed by atoms with Crippen molar-refractivity contribution in [3.8, 4) is 0 Å². The highest BCUT2D eigenvalue weighted by Gasteiger charge is 2.10. The largest absolute Gasteiger partial charge is 0.465 e. The van der Waals surface area contributed by atoms with E-state index in [1.165, 1.54) is 13.4 Å². The molecule has 0 fully saturated rings. The highest BCUT2D eigenvalue weighted by molar-refractivity contribution is 5.90. The topological polar surface area (TPSA) is 115 Å². The molecule has 8 heteroatoms. The molecule has 0 amide bonds. The van der Waals surface area contributed by atoms with Crippen LogP contribution in [0.25, 0.3) is 0 Å². The average molecular weight is 336 g/mol. The molecule has 3 aromatic rings. The number of methoxy groups -OCH3 is 1. The molecule has 0 aliphatic carbocycles. The third-order valence-corrected chi connectivity index (χ3v) is 3.36. The van der Waals surface area contributed by atoms with E-state index in [0.29, 0.717) is 28.7 Å². The van der Waals surface area contributed by atoms with Crippen molar-refractivity contribution in [2.75, 3.05) is 23.5 Å². The normalized spacial score (nSPS) is 10.1. The minimum atomic E-state index is -0.394. The first-order valence-corrected chi connectivity index (χ1v) is 7.41. The second-order valence-electron chi connectivity index (χ2n) is 5.02. The molecule has 2 heterocycles. The number of pyridine rings is 1. The number of nitrogens with one attached hydrogen (secondary N) is 2. The van der Waals surface area contributed by atoms with Gasteiger partial charge in [-0.05, 0) is 36.4 Å². The molecule has 3 rings (SSSR count). The fourth-order valence-electron chi connectivity index (χ4n) is 2.10. The van der Waals surface area contributed by atoms with E-state index in [1.807, 2.05) is 12.1 Å². The first-order chi connectivity index (χ1) is 12.2. The lowest BCUT2D eigenvalue weighted by atomic mass is 10.2. The summed E-state index contributed by atoms with van der Waals surface area (Å²) in [5, 5.41) is 6.14. The van der Waals surface area contributed by atoms with Crippen LogP contribution in [0.15, 0.2) is 55.0 Å². The lowest BCUT2D eigenvalue weighted by Crippen LogP contribution is -2.06. The molecular formula is C17H16N6O2. The molecule has 0 aliphatic rings. The summed E-state index contributed by atoms with van der Waals surface area (Å²) in [6.07, 6.45) is 3.06. The van der Waals surface area contributed by atoms with Gasteiger partial charge in [-0.3, -0.25) is 0 Å². The Balaban J connectivity index is 1.79. The van der Waals surface area contributed by atoms with Crippen molar-refractivity contribution in [3.63, 3.8) is 0 Å². The third kappa shape index (κ3) is 3.81. The molecule has 0 saturated carbocycles. The second kappa shape index (κ2) is 7.26. The molecule has 0 unspecified atom stereocenters. The summed E-state index contributed by atoms with van der Waals surface area (Å²) in [5.74, 6) is 1.12. The number of benzene rings is 1. The molecule has 2 aromatic heterocycles. The van der Waals surface area contributed by atoms with E-state index in [-0.39, 0.29) is 0 Å². The summed E-state index contributed by atoms with van der Waals surface area (Å²) in [5.41, 5.74) is 7.66. The van der Waals surface area contributed by atoms with Crippen LogP contribution in [-0.4, -0.2) is 28.0 Å². The van der Waals surface area contributed by atoms with E-state index < -0.39 is 5.97 Å². The van der Waals surface area contributed by atoms with Crippen molar-refractivity contribution in [1.82, 2.24) is 15.0 Å². The highest BCUT2D eigenvalue weighted by Crippen LogP contribution is 2.27. The van der Waals surface area contributed by atoms with Crippen LogP contribution in [0.3, 0.4) is 0 Å². The van der Waals surface area contributed by atoms with Crippen LogP contribution in [0.2, 0.25) is 0 Å². The Morgan fingerprint density at radius 3 is 2.36 bits per heavy atom. The van der Waals surface area contributed by atoms with Crippen LogP contribution in [0.4, 0.5) is 28.8 Å². The number of anilines is 5. The lowest BCUT2D eigenvalue weighted by Gasteiger charge is -2.12. The smallest absolute Gasteiger partial charge is 0.337 e. The van der Waals surface area contributed by atoms with Gasteiger partial charge in [-0.2, -0.15) is 0 Å². The summed E-state index contributed by atoms with van der Waals surface area (Å²) in [4.78, 5) is 23.9. The fraction of sp³-hybridized carbons (Fsp3) is 0.0588. The van der Waals surface area contributed by atoms with Gasteiger partial charge in [0.25, 0.3) is 0 Å². The van der Waals surface area contributed by atoms with Crippen LogP contribution < -0.4 is 16.4 Å². The summed E-state index contributed by atoms with van der Waals surface area (Å²) in [6.45, 7) is 0. The SMILES string of the molecule is COC(=O)c1ccc(Nc2ncnc(Nc3ccccn3)c2N)cc1. The van der Waals surface area contributed by atoms with Gasteiger partial charge in [0.05, 0.1) is 12.7 Å². The lowest BCUT2D eigenvalue weighted by molar-refractivity contribution is 0.0601. The van der Waals surface area contributed by atoms with E-state index in [1.54, 1.807) is 36.5 Å². The molecular weight excluding hydrogens is 320 g/mol. The summed E-state index contributed by atoms with van der Waals surface area (Å²) >= 11 is 0. The van der Waals surface area contributed by atoms with Crippen LogP contribution >= 0.6 is 0 Å². The molecule has 0 radical (unpaired) electrons. The van der Waals surface area contributed by atoms with Crippen molar-refractivity contribution in [3.05, 3.63) is 60.6 Å². The zero-order valence-electron chi connectivity index (χ0n) is 13.4. The van der Waals surface area contributed by atoms with Crippen molar-refractivity contribution in [2.45, 2.75) is 0 Å². The molecule has 0 bridgehead atoms. The quantitative estimate of drug-likeness (QED) is 0.609. The van der Waals surface area contributed by atoms with Crippen molar-refractivity contribution < 1.29 is 9.53 Å². The van der Waals surface area contributed by atoms with Crippen LogP contribution in [-0.2, 0) is 4.74 Å². The standard InChI is InChI=1S/C17H16N6O2/c1-25-17(24)11-5-7-12(8-6-11)22-15-14(18)16(21-10-20-15)23-13-4-2-3-9-19-13/h2-10H,18H2,1H3,(H2,19,20,21,22,23). The molecule has 25 heavy (non-hydrogen) atoms. The number of nitrogens with zero attached hydrogens (tertiary/aromatic N) is 3. The zero-order chi connectivity index (χ0) is 17.6. The molecule has 0 atom stereocenters. The summed E-state index contributed by atoms with van der Waals surface area (Å²) < 4.78 is 4.67. The van der Waals surface area contributed by atoms with Crippen molar-refractivity contribution in [1.29, 1.82) is 0 Å². The number of aromatic nitrogens is 3. The minimum absolute atomic E-state index is 0.352. The van der Waals surface area contributed by atoms with E-state index in [2.05, 4.69) is 30.3 Å². The Morgan fingerprint density at radius 1 is 1.00 bits per heavy atom. The minimum Gasteiger partial charge on any atom is -0.465 e. The van der Waals surface area contributed by atoms with E-state index in [4.69, 9.17) is 5.73 Å². The monoisotopic (exact) mass is 336 g/mol. The van der Waals surface area contributed by atoms with E-state index >= 15 is 0 Å². The van der Waals surface area contributed by atoms with Gasteiger partial charge in [0, 0.05) is 11.9 Å². The molecule has 0 saturated heterocycles. The predicted molar refractivity (Wildman–Crippen MR) is 95.0 cm³/mol. The highest BCUT2D eigenvalue weighted by atomic mass is 16.5. The predicted octanol–water partition coefficient (Wildman–Crippen LogP) is 2.73. The third-order valence-electron chi connectivity index (χ3n) is 3.36. The number of nitrogen functional groups attached to an aromatic ring is 1. The first-order valence-electron chi connectivity index (χ1n) is 7.41. The molecule has 0 spiro atoms. The first kappa shape index (κ1) is 16.2. The van der Waals surface area contributed by atoms with Crippen LogP contribution in [0.5, 0.6) is 0 Å². The number of rotatable bonds is 5. The Labute approximate surface area is 144 Å². The van der Waals surface area contributed by atoms with Gasteiger partial charge in [0.1, 0.15) is 17.8 Å². The van der Waals surface area contributed by atoms with Crippen molar-refractivity contribution in [2.24, 2.45) is 0 Å². The second-order valence-corrected chi connectivity index (χ2v) is 5.02. The van der Waals surface area contributed by atoms with Gasteiger partial charge in [-0.25, -0.2) is 19.7 Å². The van der Waals surface area contributed by atoms with Gasteiger partial charge < -0.3 is 21.1 Å². The van der Waals surface area contributed by atoms with Gasteiger partial charge >= 0.3 is 5.97 Å². The molecule has 1 aromatic carbocycles. The number of hydrogen-bond acceptors (Lipinski definition) is 8. The zero-order valence-corrected chi connectivity index (χ0v) is 13.4. The van der Waals surface area contributed by atoms with Gasteiger partial charge in [0.15, 0.2) is 11.6 Å². The van der Waals surface area contributed by atoms with Crippen LogP contribution in [0.1, 0.15) is 10.4 Å². The molecule has 4 N–H and O–H groups in total. The van der Waals surface area contributed by atoms with Crippen LogP contribution in [0, 0.1) is 0 Å². The summed E-state index contributed by atoms with van der Waals surface area (Å²) in [6, 6.07) is 12.3. The Kier molecular flexibility index (Phi) is 4.70. The summed E-state index contributed by atoms with van der Waals surface area (Å²) in [7, 11) is 1.34. The Hall–Kier alpha value is -3.68.